The summed E-state index contributed by atoms with van der Waals surface area (Å²) in [5.41, 5.74) is 7.08. The Morgan fingerprint density at radius 1 is 1.45 bits per heavy atom. The van der Waals surface area contributed by atoms with Crippen molar-refractivity contribution in [2.75, 3.05) is 13.1 Å². The summed E-state index contributed by atoms with van der Waals surface area (Å²) in [6.07, 6.45) is 0.0762. The summed E-state index contributed by atoms with van der Waals surface area (Å²) >= 11 is 0. The monoisotopic (exact) mass is 298 g/mol. The number of nitrogens with two attached hydrogens (primary N) is 1. The smallest absolute Gasteiger partial charge is 0.243 e. The van der Waals surface area contributed by atoms with Gasteiger partial charge in [0.05, 0.1) is 11.0 Å². The first kappa shape index (κ1) is 15.4. The predicted molar refractivity (Wildman–Crippen MR) is 77.6 cm³/mol. The Morgan fingerprint density at radius 3 is 2.75 bits per heavy atom. The molecule has 1 fully saturated rings. The average molecular weight is 298 g/mol. The van der Waals surface area contributed by atoms with Crippen LogP contribution in [0.1, 0.15) is 24.5 Å². The molecule has 2 unspecified atom stereocenters. The second kappa shape index (κ2) is 5.81. The van der Waals surface area contributed by atoms with Crippen molar-refractivity contribution in [2.45, 2.75) is 37.8 Å². The van der Waals surface area contributed by atoms with Crippen LogP contribution in [0.4, 0.5) is 0 Å². The summed E-state index contributed by atoms with van der Waals surface area (Å²) < 4.78 is 26.8. The summed E-state index contributed by atoms with van der Waals surface area (Å²) in [6.45, 7) is 4.64. The van der Waals surface area contributed by atoms with Gasteiger partial charge in [-0.2, -0.15) is 4.31 Å². The van der Waals surface area contributed by atoms with Gasteiger partial charge in [0.15, 0.2) is 0 Å². The minimum atomic E-state index is -3.56. The van der Waals surface area contributed by atoms with Gasteiger partial charge in [-0.05, 0) is 36.5 Å². The standard InChI is InChI=1S/C14H22N2O3S/c1-10-5-6-16(9-13(10)17)20(18,19)14-7-12(8-15)4-3-11(14)2/h3-4,7,10,13,17H,5-6,8-9,15H2,1-2H3. The second-order valence-corrected chi connectivity index (χ2v) is 7.41. The Hall–Kier alpha value is -0.950. The lowest BCUT2D eigenvalue weighted by atomic mass is 9.98. The third kappa shape index (κ3) is 2.88. The fourth-order valence-electron chi connectivity index (χ4n) is 2.43. The minimum absolute atomic E-state index is 0.137. The largest absolute Gasteiger partial charge is 0.391 e. The molecule has 0 spiro atoms. The van der Waals surface area contributed by atoms with E-state index in [1.165, 1.54) is 4.31 Å². The van der Waals surface area contributed by atoms with E-state index in [4.69, 9.17) is 5.73 Å². The zero-order valence-corrected chi connectivity index (χ0v) is 12.7. The van der Waals surface area contributed by atoms with Crippen molar-refractivity contribution >= 4 is 10.0 Å². The average Bonchev–Trinajstić information content (AvgIpc) is 2.42. The number of rotatable bonds is 3. The summed E-state index contributed by atoms with van der Waals surface area (Å²) in [4.78, 5) is 0.294. The van der Waals surface area contributed by atoms with Crippen LogP contribution in [0.2, 0.25) is 0 Å². The van der Waals surface area contributed by atoms with Gasteiger partial charge < -0.3 is 10.8 Å². The number of benzene rings is 1. The highest BCUT2D eigenvalue weighted by Crippen LogP contribution is 2.26. The van der Waals surface area contributed by atoms with Gasteiger partial charge in [0.1, 0.15) is 0 Å². The number of sulfonamides is 1. The van der Waals surface area contributed by atoms with Gasteiger partial charge in [-0.1, -0.05) is 19.1 Å². The maximum absolute atomic E-state index is 12.7. The molecule has 0 radical (unpaired) electrons. The molecule has 2 atom stereocenters. The first-order valence-electron chi connectivity index (χ1n) is 6.84. The van der Waals surface area contributed by atoms with Crippen molar-refractivity contribution in [1.29, 1.82) is 0 Å². The lowest BCUT2D eigenvalue weighted by Crippen LogP contribution is -2.45. The minimum Gasteiger partial charge on any atom is -0.391 e. The quantitative estimate of drug-likeness (QED) is 0.866. The molecule has 112 valence electrons. The fraction of sp³-hybridized carbons (Fsp3) is 0.571. The molecule has 1 saturated heterocycles. The Kier molecular flexibility index (Phi) is 4.49. The molecule has 1 aliphatic rings. The van der Waals surface area contributed by atoms with E-state index in [1.54, 1.807) is 19.1 Å². The zero-order valence-electron chi connectivity index (χ0n) is 11.9. The van der Waals surface area contributed by atoms with Crippen molar-refractivity contribution in [1.82, 2.24) is 4.31 Å². The predicted octanol–water partition coefficient (Wildman–Crippen LogP) is 0.845. The van der Waals surface area contributed by atoms with Crippen LogP contribution in [0.3, 0.4) is 0 Å². The zero-order chi connectivity index (χ0) is 14.9. The lowest BCUT2D eigenvalue weighted by molar-refractivity contribution is 0.0605. The number of hydrogen-bond acceptors (Lipinski definition) is 4. The first-order chi connectivity index (χ1) is 9.36. The molecule has 1 aliphatic heterocycles. The molecule has 6 heteroatoms. The maximum atomic E-state index is 12.7. The first-order valence-corrected chi connectivity index (χ1v) is 8.28. The lowest BCUT2D eigenvalue weighted by Gasteiger charge is -2.33. The topological polar surface area (TPSA) is 83.6 Å². The van der Waals surface area contributed by atoms with E-state index < -0.39 is 16.1 Å². The van der Waals surface area contributed by atoms with Crippen molar-refractivity contribution < 1.29 is 13.5 Å². The Bertz CT molecular complexity index is 586. The van der Waals surface area contributed by atoms with Gasteiger partial charge in [-0.3, -0.25) is 0 Å². The molecule has 0 aromatic heterocycles. The summed E-state index contributed by atoms with van der Waals surface area (Å²) in [7, 11) is -3.56. The molecule has 0 aliphatic carbocycles. The van der Waals surface area contributed by atoms with Crippen molar-refractivity contribution in [3.63, 3.8) is 0 Å². The van der Waals surface area contributed by atoms with E-state index in [9.17, 15) is 13.5 Å². The molecule has 2 rings (SSSR count). The second-order valence-electron chi connectivity index (χ2n) is 5.50. The van der Waals surface area contributed by atoms with Gasteiger partial charge in [0.25, 0.3) is 0 Å². The van der Waals surface area contributed by atoms with Crippen molar-refractivity contribution in [3.05, 3.63) is 29.3 Å². The molecule has 0 saturated carbocycles. The Balaban J connectivity index is 2.35. The molecule has 5 nitrogen and oxygen atoms in total. The highest BCUT2D eigenvalue weighted by atomic mass is 32.2. The van der Waals surface area contributed by atoms with Gasteiger partial charge >= 0.3 is 0 Å². The highest BCUT2D eigenvalue weighted by Gasteiger charge is 2.33. The van der Waals surface area contributed by atoms with Crippen LogP contribution in [0.15, 0.2) is 23.1 Å². The van der Waals surface area contributed by atoms with Crippen LogP contribution >= 0.6 is 0 Å². The van der Waals surface area contributed by atoms with E-state index in [0.29, 0.717) is 30.0 Å². The van der Waals surface area contributed by atoms with Crippen LogP contribution in [0.25, 0.3) is 0 Å². The van der Waals surface area contributed by atoms with Gasteiger partial charge in [-0.25, -0.2) is 8.42 Å². The molecule has 1 heterocycles. The van der Waals surface area contributed by atoms with Crippen LogP contribution in [-0.2, 0) is 16.6 Å². The molecule has 1 aromatic carbocycles. The molecule has 3 N–H and O–H groups in total. The maximum Gasteiger partial charge on any atom is 0.243 e. The molecular formula is C14H22N2O3S. The third-order valence-corrected chi connectivity index (χ3v) is 5.99. The summed E-state index contributed by atoms with van der Waals surface area (Å²) in [5, 5.41) is 9.90. The fourth-order valence-corrected chi connectivity index (χ4v) is 4.17. The van der Waals surface area contributed by atoms with E-state index in [2.05, 4.69) is 0 Å². The number of hydrogen-bond donors (Lipinski definition) is 2. The van der Waals surface area contributed by atoms with Crippen LogP contribution in [0.5, 0.6) is 0 Å². The number of aliphatic hydroxyl groups is 1. The summed E-state index contributed by atoms with van der Waals surface area (Å²) in [6, 6.07) is 5.24. The van der Waals surface area contributed by atoms with Gasteiger partial charge in [0, 0.05) is 19.6 Å². The Labute approximate surface area is 120 Å². The van der Waals surface area contributed by atoms with E-state index in [0.717, 1.165) is 5.56 Å². The highest BCUT2D eigenvalue weighted by molar-refractivity contribution is 7.89. The van der Waals surface area contributed by atoms with Crippen LogP contribution in [0, 0.1) is 12.8 Å². The van der Waals surface area contributed by atoms with Gasteiger partial charge in [-0.15, -0.1) is 0 Å². The number of β-amino-alcohol motifs (C(OH)–C–C–N with tert-alkyl or cyclic N) is 1. The molecule has 0 amide bonds. The molecule has 1 aromatic rings. The van der Waals surface area contributed by atoms with Crippen molar-refractivity contribution in [3.8, 4) is 0 Å². The van der Waals surface area contributed by atoms with Crippen molar-refractivity contribution in [2.24, 2.45) is 11.7 Å². The van der Waals surface area contributed by atoms with E-state index >= 15 is 0 Å². The molecule has 20 heavy (non-hydrogen) atoms. The van der Waals surface area contributed by atoms with E-state index in [-0.39, 0.29) is 12.5 Å². The summed E-state index contributed by atoms with van der Waals surface area (Å²) in [5.74, 6) is 0.137. The van der Waals surface area contributed by atoms with Crippen LogP contribution < -0.4 is 5.73 Å². The number of aliphatic hydroxyl groups excluding tert-OH is 1. The molecule has 0 bridgehead atoms. The molecular weight excluding hydrogens is 276 g/mol. The number of piperidine rings is 1. The normalized spacial score (nSPS) is 24.8. The van der Waals surface area contributed by atoms with Gasteiger partial charge in [0.2, 0.25) is 10.0 Å². The number of aryl methyl sites for hydroxylation is 1. The van der Waals surface area contributed by atoms with E-state index in [1.807, 2.05) is 13.0 Å². The SMILES string of the molecule is Cc1ccc(CN)cc1S(=O)(=O)N1CCC(C)C(O)C1. The number of nitrogens with zero attached hydrogens (tertiary/aromatic N) is 1. The van der Waals surface area contributed by atoms with Crippen LogP contribution in [-0.4, -0.2) is 37.0 Å². The third-order valence-electron chi connectivity index (χ3n) is 3.99. The Morgan fingerprint density at radius 2 is 2.15 bits per heavy atom.